The average molecular weight is 389 g/mol. The number of ether oxygens (including phenoxy) is 3. The molecule has 3 rings (SSSR count). The molecule has 2 aromatic carbocycles. The summed E-state index contributed by atoms with van der Waals surface area (Å²) in [6.45, 7) is 2.13. The van der Waals surface area contributed by atoms with Crippen molar-refractivity contribution in [1.82, 2.24) is 10.1 Å². The Morgan fingerprint density at radius 1 is 1.04 bits per heavy atom. The molecular weight excluding hydrogens is 372 g/mol. The highest BCUT2D eigenvalue weighted by molar-refractivity contribution is 6.30. The number of halogens is 1. The fourth-order valence-electron chi connectivity index (χ4n) is 2.15. The van der Waals surface area contributed by atoms with E-state index in [4.69, 9.17) is 30.3 Å². The highest BCUT2D eigenvalue weighted by Gasteiger charge is 2.12. The van der Waals surface area contributed by atoms with Gasteiger partial charge in [0.05, 0.1) is 6.61 Å². The fraction of sp³-hybridized carbons (Fsp3) is 0.211. The maximum Gasteiger partial charge on any atom is 0.344 e. The van der Waals surface area contributed by atoms with E-state index in [2.05, 4.69) is 10.1 Å². The van der Waals surface area contributed by atoms with Crippen LogP contribution < -0.4 is 9.47 Å². The Labute approximate surface area is 160 Å². The highest BCUT2D eigenvalue weighted by atomic mass is 35.5. The molecule has 0 unspecified atom stereocenters. The summed E-state index contributed by atoms with van der Waals surface area (Å²) >= 11 is 5.84. The van der Waals surface area contributed by atoms with Gasteiger partial charge in [0.25, 0.3) is 5.89 Å². The summed E-state index contributed by atoms with van der Waals surface area (Å²) in [4.78, 5) is 16.0. The van der Waals surface area contributed by atoms with Crippen molar-refractivity contribution in [3.63, 3.8) is 0 Å². The zero-order valence-corrected chi connectivity index (χ0v) is 15.3. The lowest BCUT2D eigenvalue weighted by molar-refractivity contribution is -0.148. The molecule has 0 N–H and O–H groups in total. The smallest absolute Gasteiger partial charge is 0.344 e. The predicted octanol–water partition coefficient (Wildman–Crippen LogP) is 3.91. The predicted molar refractivity (Wildman–Crippen MR) is 97.6 cm³/mol. The normalized spacial score (nSPS) is 10.4. The lowest BCUT2D eigenvalue weighted by Crippen LogP contribution is -2.14. The molecule has 0 amide bonds. The largest absolute Gasteiger partial charge is 0.494 e. The maximum absolute atomic E-state index is 11.8. The molecular formula is C19H17ClN2O5. The van der Waals surface area contributed by atoms with Crippen molar-refractivity contribution >= 4 is 17.6 Å². The minimum Gasteiger partial charge on any atom is -0.494 e. The zero-order valence-electron chi connectivity index (χ0n) is 14.6. The second kappa shape index (κ2) is 9.05. The molecule has 0 bridgehead atoms. The van der Waals surface area contributed by atoms with E-state index in [9.17, 15) is 4.79 Å². The molecule has 0 fully saturated rings. The van der Waals surface area contributed by atoms with Gasteiger partial charge in [0.15, 0.2) is 13.2 Å². The summed E-state index contributed by atoms with van der Waals surface area (Å²) in [5.41, 5.74) is 0.750. The summed E-state index contributed by atoms with van der Waals surface area (Å²) in [5, 5.41) is 4.46. The van der Waals surface area contributed by atoms with Gasteiger partial charge in [-0.05, 0) is 55.5 Å². The van der Waals surface area contributed by atoms with Crippen molar-refractivity contribution in [2.75, 3.05) is 13.2 Å². The first-order chi connectivity index (χ1) is 13.1. The molecule has 0 saturated heterocycles. The van der Waals surface area contributed by atoms with Crippen LogP contribution in [0.25, 0.3) is 11.4 Å². The van der Waals surface area contributed by atoms with E-state index in [-0.39, 0.29) is 19.1 Å². The van der Waals surface area contributed by atoms with Gasteiger partial charge in [-0.3, -0.25) is 0 Å². The number of esters is 1. The third-order valence-corrected chi connectivity index (χ3v) is 3.67. The molecule has 7 nitrogen and oxygen atoms in total. The van der Waals surface area contributed by atoms with Gasteiger partial charge in [-0.25, -0.2) is 4.79 Å². The van der Waals surface area contributed by atoms with Crippen LogP contribution in [0.15, 0.2) is 53.1 Å². The van der Waals surface area contributed by atoms with E-state index >= 15 is 0 Å². The number of hydrogen-bond donors (Lipinski definition) is 0. The van der Waals surface area contributed by atoms with Crippen molar-refractivity contribution in [3.8, 4) is 22.9 Å². The number of nitrogens with zero attached hydrogens (tertiary/aromatic N) is 2. The van der Waals surface area contributed by atoms with Crippen molar-refractivity contribution in [1.29, 1.82) is 0 Å². The van der Waals surface area contributed by atoms with E-state index in [1.54, 1.807) is 48.5 Å². The van der Waals surface area contributed by atoms with Crippen LogP contribution in [0.5, 0.6) is 11.5 Å². The summed E-state index contributed by atoms with van der Waals surface area (Å²) in [6, 6.07) is 14.0. The topological polar surface area (TPSA) is 83.7 Å². The van der Waals surface area contributed by atoms with Gasteiger partial charge in [-0.1, -0.05) is 16.8 Å². The molecule has 27 heavy (non-hydrogen) atoms. The number of aromatic nitrogens is 2. The highest BCUT2D eigenvalue weighted by Crippen LogP contribution is 2.19. The van der Waals surface area contributed by atoms with Gasteiger partial charge >= 0.3 is 5.97 Å². The number of carbonyl (C=O) groups excluding carboxylic acids is 1. The van der Waals surface area contributed by atoms with Crippen LogP contribution in [-0.4, -0.2) is 29.3 Å². The van der Waals surface area contributed by atoms with Crippen LogP contribution in [0.1, 0.15) is 12.8 Å². The molecule has 3 aromatic rings. The summed E-state index contributed by atoms with van der Waals surface area (Å²) < 4.78 is 20.8. The van der Waals surface area contributed by atoms with Crippen LogP contribution in [0.2, 0.25) is 5.02 Å². The number of hydrogen-bond acceptors (Lipinski definition) is 7. The molecule has 140 valence electrons. The molecule has 0 radical (unpaired) electrons. The molecule has 0 atom stereocenters. The monoisotopic (exact) mass is 388 g/mol. The zero-order chi connectivity index (χ0) is 19.1. The van der Waals surface area contributed by atoms with Crippen LogP contribution in [0.3, 0.4) is 0 Å². The molecule has 0 aliphatic rings. The second-order valence-electron chi connectivity index (χ2n) is 5.37. The maximum atomic E-state index is 11.8. The number of benzene rings is 2. The van der Waals surface area contributed by atoms with Gasteiger partial charge in [-0.15, -0.1) is 0 Å². The Hall–Kier alpha value is -3.06. The summed E-state index contributed by atoms with van der Waals surface area (Å²) in [7, 11) is 0. The number of carbonyl (C=O) groups is 1. The van der Waals surface area contributed by atoms with E-state index in [0.29, 0.717) is 23.2 Å². The number of rotatable bonds is 8. The Morgan fingerprint density at radius 3 is 2.37 bits per heavy atom. The molecule has 0 aliphatic heterocycles. The Bertz CT molecular complexity index is 878. The van der Waals surface area contributed by atoms with Gasteiger partial charge in [0.2, 0.25) is 5.82 Å². The molecule has 1 aromatic heterocycles. The first-order valence-electron chi connectivity index (χ1n) is 8.24. The van der Waals surface area contributed by atoms with Crippen LogP contribution >= 0.6 is 11.6 Å². The molecule has 8 heteroatoms. The first kappa shape index (κ1) is 18.7. The average Bonchev–Trinajstić information content (AvgIpc) is 3.16. The van der Waals surface area contributed by atoms with Gasteiger partial charge in [0.1, 0.15) is 11.5 Å². The first-order valence-corrected chi connectivity index (χ1v) is 8.61. The summed E-state index contributed by atoms with van der Waals surface area (Å²) in [6.07, 6.45) is 0. The Morgan fingerprint density at radius 2 is 1.70 bits per heavy atom. The van der Waals surface area contributed by atoms with Gasteiger partial charge in [-0.2, -0.15) is 4.98 Å². The standard InChI is InChI=1S/C19H17ClN2O5/c1-2-24-15-7-9-16(10-8-15)25-12-18(23)26-11-17-21-19(22-27-17)13-3-5-14(20)6-4-13/h3-10H,2,11-12H2,1H3. The lowest BCUT2D eigenvalue weighted by Gasteiger charge is -2.07. The van der Waals surface area contributed by atoms with Crippen molar-refractivity contribution < 1.29 is 23.5 Å². The van der Waals surface area contributed by atoms with Gasteiger partial charge < -0.3 is 18.7 Å². The quantitative estimate of drug-likeness (QED) is 0.541. The molecule has 0 aliphatic carbocycles. The minimum atomic E-state index is -0.546. The third-order valence-electron chi connectivity index (χ3n) is 3.42. The van der Waals surface area contributed by atoms with Crippen LogP contribution in [0.4, 0.5) is 0 Å². The third kappa shape index (κ3) is 5.46. The molecule has 0 saturated carbocycles. The van der Waals surface area contributed by atoms with E-state index in [1.165, 1.54) is 0 Å². The van der Waals surface area contributed by atoms with E-state index < -0.39 is 5.97 Å². The van der Waals surface area contributed by atoms with Crippen LogP contribution in [-0.2, 0) is 16.1 Å². The SMILES string of the molecule is CCOc1ccc(OCC(=O)OCc2nc(-c3ccc(Cl)cc3)no2)cc1. The van der Waals surface area contributed by atoms with E-state index in [1.807, 2.05) is 6.92 Å². The van der Waals surface area contributed by atoms with Crippen molar-refractivity contribution in [3.05, 3.63) is 59.4 Å². The minimum absolute atomic E-state index is 0.133. The summed E-state index contributed by atoms with van der Waals surface area (Å²) in [5.74, 6) is 1.31. The van der Waals surface area contributed by atoms with Crippen LogP contribution in [0, 0.1) is 0 Å². The molecule has 0 spiro atoms. The van der Waals surface area contributed by atoms with Crippen molar-refractivity contribution in [2.24, 2.45) is 0 Å². The van der Waals surface area contributed by atoms with Gasteiger partial charge in [0, 0.05) is 10.6 Å². The second-order valence-corrected chi connectivity index (χ2v) is 5.81. The lowest BCUT2D eigenvalue weighted by atomic mass is 10.2. The Kier molecular flexibility index (Phi) is 6.27. The molecule has 1 heterocycles. The fourth-order valence-corrected chi connectivity index (χ4v) is 2.28. The van der Waals surface area contributed by atoms with E-state index in [0.717, 1.165) is 11.3 Å². The Balaban J connectivity index is 1.46. The van der Waals surface area contributed by atoms with Crippen molar-refractivity contribution in [2.45, 2.75) is 13.5 Å².